The van der Waals surface area contributed by atoms with E-state index in [2.05, 4.69) is 5.32 Å². The van der Waals surface area contributed by atoms with Crippen molar-refractivity contribution in [1.82, 2.24) is 5.32 Å². The number of allylic oxidation sites excluding steroid dienone is 3. The molecule has 2 aliphatic rings. The maximum Gasteiger partial charge on any atom is 0.336 e. The van der Waals surface area contributed by atoms with Gasteiger partial charge in [-0.1, -0.05) is 19.1 Å². The minimum atomic E-state index is -0.964. The highest BCUT2D eigenvalue weighted by atomic mass is 16.6. The molecule has 3 atom stereocenters. The van der Waals surface area contributed by atoms with Gasteiger partial charge in [0.15, 0.2) is 5.78 Å². The lowest BCUT2D eigenvalue weighted by Gasteiger charge is -2.38. The van der Waals surface area contributed by atoms with Gasteiger partial charge in [-0.05, 0) is 43.9 Å². The van der Waals surface area contributed by atoms with Gasteiger partial charge in [-0.3, -0.25) is 9.59 Å². The Labute approximate surface area is 187 Å². The Morgan fingerprint density at radius 3 is 2.66 bits per heavy atom. The smallest absolute Gasteiger partial charge is 0.336 e. The highest BCUT2D eigenvalue weighted by Crippen LogP contribution is 2.45. The molecule has 3 unspecified atom stereocenters. The number of dihydropyridines is 1. The molecule has 1 aliphatic carbocycles. The number of rotatable bonds is 7. The van der Waals surface area contributed by atoms with E-state index < -0.39 is 29.6 Å². The second-order valence-electron chi connectivity index (χ2n) is 7.96. The van der Waals surface area contributed by atoms with Crippen molar-refractivity contribution in [2.24, 2.45) is 11.8 Å². The number of esters is 2. The third-order valence-electron chi connectivity index (χ3n) is 5.83. The number of methoxy groups -OCH3 is 1. The largest absolute Gasteiger partial charge is 0.508 e. The van der Waals surface area contributed by atoms with Crippen LogP contribution in [-0.4, -0.2) is 49.8 Å². The number of carbonyl (C=O) groups excluding carboxylic acids is 3. The molecule has 0 radical (unpaired) electrons. The van der Waals surface area contributed by atoms with Gasteiger partial charge < -0.3 is 24.6 Å². The summed E-state index contributed by atoms with van der Waals surface area (Å²) >= 11 is 0. The van der Waals surface area contributed by atoms with Gasteiger partial charge >= 0.3 is 11.9 Å². The first-order valence-corrected chi connectivity index (χ1v) is 10.7. The Hall–Kier alpha value is -3.13. The van der Waals surface area contributed by atoms with Crippen molar-refractivity contribution in [3.8, 4) is 5.75 Å². The van der Waals surface area contributed by atoms with Crippen LogP contribution < -0.4 is 5.32 Å². The molecule has 8 nitrogen and oxygen atoms in total. The second kappa shape index (κ2) is 9.99. The van der Waals surface area contributed by atoms with Crippen LogP contribution in [0, 0.1) is 11.8 Å². The molecule has 0 saturated heterocycles. The molecule has 1 aromatic rings. The van der Waals surface area contributed by atoms with E-state index in [0.717, 1.165) is 0 Å². The summed E-state index contributed by atoms with van der Waals surface area (Å²) < 4.78 is 15.5. The minimum Gasteiger partial charge on any atom is -0.508 e. The summed E-state index contributed by atoms with van der Waals surface area (Å²) in [6, 6.07) is 6.41. The van der Waals surface area contributed by atoms with Crippen molar-refractivity contribution in [3.05, 3.63) is 52.4 Å². The van der Waals surface area contributed by atoms with Gasteiger partial charge in [0.05, 0.1) is 19.3 Å². The zero-order valence-corrected chi connectivity index (χ0v) is 18.8. The third kappa shape index (κ3) is 4.55. The summed E-state index contributed by atoms with van der Waals surface area (Å²) in [5, 5.41) is 13.3. The van der Waals surface area contributed by atoms with Gasteiger partial charge in [-0.15, -0.1) is 0 Å². The van der Waals surface area contributed by atoms with Crippen molar-refractivity contribution < 1.29 is 33.7 Å². The van der Waals surface area contributed by atoms with Crippen molar-refractivity contribution in [2.75, 3.05) is 26.9 Å². The fraction of sp³-hybridized carbons (Fsp3) is 0.458. The third-order valence-corrected chi connectivity index (χ3v) is 5.83. The molecule has 0 spiro atoms. The summed E-state index contributed by atoms with van der Waals surface area (Å²) in [6.07, 6.45) is 0.445. The summed E-state index contributed by atoms with van der Waals surface area (Å²) in [4.78, 5) is 39.0. The molecule has 0 fully saturated rings. The standard InChI is InChI=1S/C24H29NO7/c1-5-31-9-10-32-24(29)19-14(3)25-17-11-13(2)18(23(28)30-4)22(27)21(17)20(19)15-7-6-8-16(26)12-15/h6-8,12-13,18,20,25-26H,5,9-11H2,1-4H3. The summed E-state index contributed by atoms with van der Waals surface area (Å²) in [6.45, 7) is 6.25. The number of phenols is 1. The fourth-order valence-corrected chi connectivity index (χ4v) is 4.40. The topological polar surface area (TPSA) is 111 Å². The number of ether oxygens (including phenoxy) is 3. The monoisotopic (exact) mass is 443 g/mol. The Bertz CT molecular complexity index is 978. The molecule has 172 valence electrons. The minimum absolute atomic E-state index is 0.00560. The number of benzene rings is 1. The van der Waals surface area contributed by atoms with E-state index in [-0.39, 0.29) is 30.5 Å². The number of carbonyl (C=O) groups is 3. The molecule has 0 saturated carbocycles. The first kappa shape index (κ1) is 23.5. The molecular weight excluding hydrogens is 414 g/mol. The van der Waals surface area contributed by atoms with Crippen LogP contribution in [0.1, 0.15) is 38.7 Å². The number of Topliss-reactive ketones (excluding diaryl/α,β-unsaturated/α-hetero) is 1. The molecule has 8 heteroatoms. The summed E-state index contributed by atoms with van der Waals surface area (Å²) in [5.41, 5.74) is 2.37. The molecule has 0 bridgehead atoms. The van der Waals surface area contributed by atoms with E-state index in [1.54, 1.807) is 19.1 Å². The quantitative estimate of drug-likeness (QED) is 0.376. The first-order valence-electron chi connectivity index (χ1n) is 10.7. The molecular formula is C24H29NO7. The first-order chi connectivity index (χ1) is 15.3. The van der Waals surface area contributed by atoms with E-state index in [4.69, 9.17) is 14.2 Å². The Morgan fingerprint density at radius 1 is 1.25 bits per heavy atom. The van der Waals surface area contributed by atoms with Crippen LogP contribution in [0.4, 0.5) is 0 Å². The Balaban J connectivity index is 2.07. The maximum atomic E-state index is 13.6. The number of hydrogen-bond donors (Lipinski definition) is 2. The molecule has 2 N–H and O–H groups in total. The van der Waals surface area contributed by atoms with Gasteiger partial charge in [0.1, 0.15) is 18.3 Å². The lowest BCUT2D eigenvalue weighted by molar-refractivity contribution is -0.151. The zero-order valence-electron chi connectivity index (χ0n) is 18.8. The molecule has 0 amide bonds. The average Bonchev–Trinajstić information content (AvgIpc) is 2.75. The van der Waals surface area contributed by atoms with Gasteiger partial charge in [-0.2, -0.15) is 0 Å². The molecule has 0 aromatic heterocycles. The van der Waals surface area contributed by atoms with Crippen LogP contribution in [0.2, 0.25) is 0 Å². The van der Waals surface area contributed by atoms with E-state index in [1.807, 2.05) is 13.8 Å². The fourth-order valence-electron chi connectivity index (χ4n) is 4.40. The van der Waals surface area contributed by atoms with E-state index in [0.29, 0.717) is 35.6 Å². The Morgan fingerprint density at radius 2 is 2.00 bits per heavy atom. The maximum absolute atomic E-state index is 13.6. The van der Waals surface area contributed by atoms with Gasteiger partial charge in [0.2, 0.25) is 0 Å². The normalized spacial score (nSPS) is 22.9. The number of phenolic OH excluding ortho intramolecular Hbond substituents is 1. The van der Waals surface area contributed by atoms with Gasteiger partial charge in [0, 0.05) is 29.5 Å². The second-order valence-corrected chi connectivity index (χ2v) is 7.96. The summed E-state index contributed by atoms with van der Waals surface area (Å²) in [7, 11) is 1.25. The van der Waals surface area contributed by atoms with Crippen molar-refractivity contribution in [2.45, 2.75) is 33.1 Å². The molecule has 1 aliphatic heterocycles. The van der Waals surface area contributed by atoms with Crippen LogP contribution in [0.5, 0.6) is 5.75 Å². The molecule has 1 heterocycles. The highest BCUT2D eigenvalue weighted by Gasteiger charge is 2.47. The number of hydrogen-bond acceptors (Lipinski definition) is 8. The predicted molar refractivity (Wildman–Crippen MR) is 115 cm³/mol. The molecule has 1 aromatic carbocycles. The van der Waals surface area contributed by atoms with Crippen LogP contribution in [0.15, 0.2) is 46.8 Å². The highest BCUT2D eigenvalue weighted by molar-refractivity contribution is 6.12. The van der Waals surface area contributed by atoms with Crippen LogP contribution in [0.25, 0.3) is 0 Å². The van der Waals surface area contributed by atoms with Gasteiger partial charge in [0.25, 0.3) is 0 Å². The van der Waals surface area contributed by atoms with Crippen molar-refractivity contribution in [3.63, 3.8) is 0 Å². The van der Waals surface area contributed by atoms with E-state index in [9.17, 15) is 19.5 Å². The molecule has 3 rings (SSSR count). The lowest BCUT2D eigenvalue weighted by Crippen LogP contribution is -2.43. The lowest BCUT2D eigenvalue weighted by atomic mass is 9.69. The van der Waals surface area contributed by atoms with E-state index >= 15 is 0 Å². The molecule has 32 heavy (non-hydrogen) atoms. The van der Waals surface area contributed by atoms with Crippen LogP contribution in [-0.2, 0) is 28.6 Å². The predicted octanol–water partition coefficient (Wildman–Crippen LogP) is 2.58. The number of aromatic hydroxyl groups is 1. The Kier molecular flexibility index (Phi) is 7.35. The van der Waals surface area contributed by atoms with E-state index in [1.165, 1.54) is 19.2 Å². The van der Waals surface area contributed by atoms with Crippen LogP contribution >= 0.6 is 0 Å². The SMILES string of the molecule is CCOCCOC(=O)C1=C(C)NC2=C(C(=O)C(C(=O)OC)C(C)C2)C1c1cccc(O)c1. The van der Waals surface area contributed by atoms with Crippen molar-refractivity contribution in [1.29, 1.82) is 0 Å². The number of ketones is 1. The average molecular weight is 443 g/mol. The number of nitrogens with one attached hydrogen (secondary N) is 1. The summed E-state index contributed by atoms with van der Waals surface area (Å²) in [5.74, 6) is -3.59. The van der Waals surface area contributed by atoms with Crippen LogP contribution in [0.3, 0.4) is 0 Å². The zero-order chi connectivity index (χ0) is 23.4. The van der Waals surface area contributed by atoms with Gasteiger partial charge in [-0.25, -0.2) is 4.79 Å². The van der Waals surface area contributed by atoms with Crippen molar-refractivity contribution >= 4 is 17.7 Å².